The van der Waals surface area contributed by atoms with Crippen LogP contribution in [0.5, 0.6) is 0 Å². The van der Waals surface area contributed by atoms with Gasteiger partial charge in [-0.2, -0.15) is 11.8 Å². The van der Waals surface area contributed by atoms with Crippen LogP contribution in [0, 0.1) is 0 Å². The largest absolute Gasteiger partial charge is 0.339 e. The van der Waals surface area contributed by atoms with Gasteiger partial charge in [0.05, 0.1) is 11.3 Å². The maximum absolute atomic E-state index is 12.9. The zero-order chi connectivity index (χ0) is 17.0. The molecule has 0 radical (unpaired) electrons. The second-order valence-corrected chi connectivity index (χ2v) is 7.20. The molecule has 0 bridgehead atoms. The van der Waals surface area contributed by atoms with E-state index >= 15 is 0 Å². The van der Waals surface area contributed by atoms with Crippen molar-refractivity contribution < 1.29 is 9.59 Å². The zero-order valence-corrected chi connectivity index (χ0v) is 15.2. The molecule has 1 aromatic carbocycles. The van der Waals surface area contributed by atoms with Crippen LogP contribution in [0.4, 0.5) is 5.69 Å². The lowest BCUT2D eigenvalue weighted by Gasteiger charge is -2.27. The molecule has 0 aromatic heterocycles. The van der Waals surface area contributed by atoms with Crippen LogP contribution >= 0.6 is 11.8 Å². The number of para-hydroxylation sites is 1. The van der Waals surface area contributed by atoms with Gasteiger partial charge in [-0.05, 0) is 37.7 Å². The first-order valence-corrected chi connectivity index (χ1v) is 9.43. The Morgan fingerprint density at radius 3 is 2.52 bits per heavy atom. The van der Waals surface area contributed by atoms with Crippen molar-refractivity contribution in [3.63, 3.8) is 0 Å². The Morgan fingerprint density at radius 2 is 1.91 bits per heavy atom. The zero-order valence-electron chi connectivity index (χ0n) is 14.4. The summed E-state index contributed by atoms with van der Waals surface area (Å²) in [5.74, 6) is 0.0133. The summed E-state index contributed by atoms with van der Waals surface area (Å²) in [5, 5.41) is 0.648. The minimum Gasteiger partial charge on any atom is -0.339 e. The number of hydrogen-bond acceptors (Lipinski definition) is 3. The molecule has 1 aliphatic rings. The van der Waals surface area contributed by atoms with Gasteiger partial charge in [-0.25, -0.2) is 0 Å². The van der Waals surface area contributed by atoms with Crippen LogP contribution in [0.1, 0.15) is 43.0 Å². The lowest BCUT2D eigenvalue weighted by Crippen LogP contribution is -2.37. The van der Waals surface area contributed by atoms with Gasteiger partial charge in [0.15, 0.2) is 0 Å². The third-order valence-electron chi connectivity index (χ3n) is 4.73. The molecular formula is C18H26N2O2S. The second-order valence-electron chi connectivity index (χ2n) is 6.06. The quantitative estimate of drug-likeness (QED) is 0.828. The minimum atomic E-state index is 0.00288. The van der Waals surface area contributed by atoms with E-state index in [-0.39, 0.29) is 11.8 Å². The van der Waals surface area contributed by atoms with E-state index in [9.17, 15) is 9.59 Å². The van der Waals surface area contributed by atoms with Crippen LogP contribution in [-0.4, -0.2) is 48.4 Å². The summed E-state index contributed by atoms with van der Waals surface area (Å²) < 4.78 is 0. The van der Waals surface area contributed by atoms with E-state index < -0.39 is 0 Å². The Kier molecular flexibility index (Phi) is 6.10. The first kappa shape index (κ1) is 17.9. The molecule has 0 aliphatic heterocycles. The maximum atomic E-state index is 12.9. The van der Waals surface area contributed by atoms with Crippen LogP contribution in [0.15, 0.2) is 24.3 Å². The van der Waals surface area contributed by atoms with Crippen LogP contribution in [-0.2, 0) is 4.79 Å². The maximum Gasteiger partial charge on any atom is 0.255 e. The number of amides is 2. The summed E-state index contributed by atoms with van der Waals surface area (Å²) in [6, 6.07) is 7.67. The molecule has 1 fully saturated rings. The summed E-state index contributed by atoms with van der Waals surface area (Å²) in [4.78, 5) is 28.4. The summed E-state index contributed by atoms with van der Waals surface area (Å²) in [6.07, 6.45) is 5.83. The van der Waals surface area contributed by atoms with E-state index in [1.807, 2.05) is 54.9 Å². The highest BCUT2D eigenvalue weighted by molar-refractivity contribution is 7.99. The van der Waals surface area contributed by atoms with Gasteiger partial charge in [0.2, 0.25) is 5.91 Å². The smallest absolute Gasteiger partial charge is 0.255 e. The lowest BCUT2D eigenvalue weighted by molar-refractivity contribution is -0.118. The van der Waals surface area contributed by atoms with E-state index in [1.165, 1.54) is 6.42 Å². The SMILES string of the molecule is CCC(=O)N(C)c1ccccc1C(=O)N(C)[C@@H]1CC[C@@H](SC)C1. The van der Waals surface area contributed by atoms with Crippen LogP contribution in [0.2, 0.25) is 0 Å². The monoisotopic (exact) mass is 334 g/mol. The number of nitrogens with zero attached hydrogens (tertiary/aromatic N) is 2. The fourth-order valence-corrected chi connectivity index (χ4v) is 3.94. The standard InChI is InChI=1S/C18H26N2O2S/c1-5-17(21)20(3)16-9-7-6-8-15(16)18(22)19(2)13-10-11-14(12-13)23-4/h6-9,13-14H,5,10-12H2,1-4H3/t13-,14-/m1/s1. The van der Waals surface area contributed by atoms with Crippen molar-refractivity contribution in [3.05, 3.63) is 29.8 Å². The van der Waals surface area contributed by atoms with Gasteiger partial charge in [0.25, 0.3) is 5.91 Å². The first-order chi connectivity index (χ1) is 11.0. The van der Waals surface area contributed by atoms with Crippen LogP contribution in [0.25, 0.3) is 0 Å². The molecule has 1 aliphatic carbocycles. The highest BCUT2D eigenvalue weighted by Gasteiger charge is 2.31. The van der Waals surface area contributed by atoms with Crippen molar-refractivity contribution in [3.8, 4) is 0 Å². The summed E-state index contributed by atoms with van der Waals surface area (Å²) in [7, 11) is 3.62. The van der Waals surface area contributed by atoms with Gasteiger partial charge in [-0.15, -0.1) is 0 Å². The summed E-state index contributed by atoms with van der Waals surface area (Å²) >= 11 is 1.89. The molecule has 0 heterocycles. The highest BCUT2D eigenvalue weighted by Crippen LogP contribution is 2.32. The molecule has 1 saturated carbocycles. The molecular weight excluding hydrogens is 308 g/mol. The summed E-state index contributed by atoms with van der Waals surface area (Å²) in [5.41, 5.74) is 1.29. The number of rotatable bonds is 5. The van der Waals surface area contributed by atoms with E-state index in [1.54, 1.807) is 11.9 Å². The van der Waals surface area contributed by atoms with Gasteiger partial charge >= 0.3 is 0 Å². The normalized spacial score (nSPS) is 20.3. The average Bonchev–Trinajstić information content (AvgIpc) is 3.08. The molecule has 2 amide bonds. The molecule has 0 spiro atoms. The predicted octanol–water partition coefficient (Wildman–Crippen LogP) is 3.42. The van der Waals surface area contributed by atoms with Crippen molar-refractivity contribution in [2.24, 2.45) is 0 Å². The van der Waals surface area contributed by atoms with E-state index in [4.69, 9.17) is 0 Å². The van der Waals surface area contributed by atoms with Gasteiger partial charge in [0, 0.05) is 31.8 Å². The molecule has 5 heteroatoms. The Bertz CT molecular complexity index is 576. The Morgan fingerprint density at radius 1 is 1.22 bits per heavy atom. The number of carbonyl (C=O) groups excluding carboxylic acids is 2. The average molecular weight is 334 g/mol. The van der Waals surface area contributed by atoms with Crippen molar-refractivity contribution in [1.29, 1.82) is 0 Å². The molecule has 0 N–H and O–H groups in total. The Hall–Kier alpha value is -1.49. The van der Waals surface area contributed by atoms with Crippen LogP contribution in [0.3, 0.4) is 0 Å². The van der Waals surface area contributed by atoms with E-state index in [0.717, 1.165) is 12.8 Å². The molecule has 4 nitrogen and oxygen atoms in total. The lowest BCUT2D eigenvalue weighted by atomic mass is 10.1. The molecule has 126 valence electrons. The van der Waals surface area contributed by atoms with E-state index in [2.05, 4.69) is 6.26 Å². The molecule has 0 saturated heterocycles. The fourth-order valence-electron chi connectivity index (χ4n) is 3.16. The summed E-state index contributed by atoms with van der Waals surface area (Å²) in [6.45, 7) is 1.83. The predicted molar refractivity (Wildman–Crippen MR) is 97.2 cm³/mol. The number of thioether (sulfide) groups is 1. The number of benzene rings is 1. The van der Waals surface area contributed by atoms with Gasteiger partial charge < -0.3 is 9.80 Å². The highest BCUT2D eigenvalue weighted by atomic mass is 32.2. The molecule has 2 atom stereocenters. The van der Waals surface area contributed by atoms with Gasteiger partial charge in [0.1, 0.15) is 0 Å². The minimum absolute atomic E-state index is 0.00288. The third-order valence-corrected chi connectivity index (χ3v) is 5.83. The number of hydrogen-bond donors (Lipinski definition) is 0. The molecule has 1 aromatic rings. The molecule has 0 unspecified atom stereocenters. The van der Waals surface area contributed by atoms with Crippen molar-refractivity contribution in [1.82, 2.24) is 4.90 Å². The van der Waals surface area contributed by atoms with Crippen molar-refractivity contribution in [2.75, 3.05) is 25.3 Å². The molecule has 23 heavy (non-hydrogen) atoms. The van der Waals surface area contributed by atoms with Crippen molar-refractivity contribution in [2.45, 2.75) is 43.9 Å². The fraction of sp³-hybridized carbons (Fsp3) is 0.556. The molecule has 2 rings (SSSR count). The first-order valence-electron chi connectivity index (χ1n) is 8.15. The third kappa shape index (κ3) is 3.89. The van der Waals surface area contributed by atoms with E-state index in [0.29, 0.717) is 29.0 Å². The van der Waals surface area contributed by atoms with Gasteiger partial charge in [-0.3, -0.25) is 9.59 Å². The van der Waals surface area contributed by atoms with Crippen LogP contribution < -0.4 is 4.90 Å². The Balaban J connectivity index is 2.21. The number of anilines is 1. The topological polar surface area (TPSA) is 40.6 Å². The Labute approximate surface area is 143 Å². The number of carbonyl (C=O) groups is 2. The second kappa shape index (κ2) is 7.86. The van der Waals surface area contributed by atoms with Crippen molar-refractivity contribution >= 4 is 29.3 Å². The van der Waals surface area contributed by atoms with Gasteiger partial charge in [-0.1, -0.05) is 19.1 Å².